The highest BCUT2D eigenvalue weighted by molar-refractivity contribution is 6.32. The summed E-state index contributed by atoms with van der Waals surface area (Å²) in [6, 6.07) is 10.5. The number of hydrogen-bond acceptors (Lipinski definition) is 5. The van der Waals surface area contributed by atoms with Gasteiger partial charge in [0.2, 0.25) is 0 Å². The van der Waals surface area contributed by atoms with Crippen LogP contribution in [0, 0.1) is 0 Å². The molecule has 0 aliphatic carbocycles. The minimum Gasteiger partial charge on any atom is -0.486 e. The van der Waals surface area contributed by atoms with Crippen molar-refractivity contribution >= 4 is 23.2 Å². The quantitative estimate of drug-likeness (QED) is 0.780. The lowest BCUT2D eigenvalue weighted by Gasteiger charge is -2.20. The van der Waals surface area contributed by atoms with Gasteiger partial charge in [-0.15, -0.1) is 0 Å². The van der Waals surface area contributed by atoms with Gasteiger partial charge in [0.15, 0.2) is 11.5 Å². The van der Waals surface area contributed by atoms with Crippen molar-refractivity contribution in [3.05, 3.63) is 59.6 Å². The number of carbonyl (C=O) groups is 1. The Morgan fingerprint density at radius 1 is 1.20 bits per heavy atom. The molecule has 8 heteroatoms. The third kappa shape index (κ3) is 3.01. The maximum atomic E-state index is 12.7. The van der Waals surface area contributed by atoms with Crippen molar-refractivity contribution in [1.82, 2.24) is 14.8 Å². The number of para-hydroxylation sites is 2. The zero-order valence-electron chi connectivity index (χ0n) is 13.0. The second-order valence-corrected chi connectivity index (χ2v) is 5.70. The van der Waals surface area contributed by atoms with Crippen molar-refractivity contribution in [3.63, 3.8) is 0 Å². The number of halogens is 1. The van der Waals surface area contributed by atoms with Gasteiger partial charge < -0.3 is 14.8 Å². The zero-order valence-corrected chi connectivity index (χ0v) is 13.7. The summed E-state index contributed by atoms with van der Waals surface area (Å²) in [6.07, 6.45) is 2.99. The summed E-state index contributed by atoms with van der Waals surface area (Å²) in [4.78, 5) is 16.6. The molecule has 1 aliphatic heterocycles. The lowest BCUT2D eigenvalue weighted by atomic mass is 10.1. The standard InChI is InChI=1S/C17H13ClN4O3/c18-12-7-11(8-15-16(12)25-6-5-24-15)17(23)21-13-3-1-2-4-14(13)22-10-19-9-20-22/h1-4,7-10H,5-6H2,(H,21,23). The average molecular weight is 357 g/mol. The molecule has 1 aromatic heterocycles. The molecule has 1 aliphatic rings. The minimum atomic E-state index is -0.313. The van der Waals surface area contributed by atoms with Crippen LogP contribution < -0.4 is 14.8 Å². The number of hydrogen-bond donors (Lipinski definition) is 1. The van der Waals surface area contributed by atoms with Crippen LogP contribution in [0.3, 0.4) is 0 Å². The highest BCUT2D eigenvalue weighted by Crippen LogP contribution is 2.38. The third-order valence-electron chi connectivity index (χ3n) is 3.68. The van der Waals surface area contributed by atoms with Crippen LogP contribution in [0.5, 0.6) is 11.5 Å². The summed E-state index contributed by atoms with van der Waals surface area (Å²) in [5, 5.41) is 7.30. The molecule has 0 fully saturated rings. The second kappa shape index (κ2) is 6.45. The summed E-state index contributed by atoms with van der Waals surface area (Å²) in [7, 11) is 0. The molecule has 7 nitrogen and oxygen atoms in total. The molecule has 3 aromatic rings. The first-order chi connectivity index (χ1) is 12.2. The Hall–Kier alpha value is -3.06. The maximum Gasteiger partial charge on any atom is 0.255 e. The number of nitrogens with zero attached hydrogens (tertiary/aromatic N) is 3. The largest absolute Gasteiger partial charge is 0.486 e. The minimum absolute atomic E-state index is 0.313. The molecule has 1 N–H and O–H groups in total. The number of benzene rings is 2. The van der Waals surface area contributed by atoms with E-state index in [1.165, 1.54) is 6.33 Å². The number of ether oxygens (including phenoxy) is 2. The molecular formula is C17H13ClN4O3. The molecule has 126 valence electrons. The Labute approximate surface area is 148 Å². The van der Waals surface area contributed by atoms with E-state index in [0.29, 0.717) is 46.7 Å². The Morgan fingerprint density at radius 2 is 2.04 bits per heavy atom. The second-order valence-electron chi connectivity index (χ2n) is 5.29. The van der Waals surface area contributed by atoms with Crippen molar-refractivity contribution in [2.75, 3.05) is 18.5 Å². The van der Waals surface area contributed by atoms with Gasteiger partial charge in [-0.3, -0.25) is 4.79 Å². The van der Waals surface area contributed by atoms with E-state index in [1.54, 1.807) is 29.2 Å². The fraction of sp³-hybridized carbons (Fsp3) is 0.118. The summed E-state index contributed by atoms with van der Waals surface area (Å²) in [5.41, 5.74) is 1.68. The third-order valence-corrected chi connectivity index (χ3v) is 3.96. The molecule has 0 radical (unpaired) electrons. The average Bonchev–Trinajstić information content (AvgIpc) is 3.16. The number of aromatic nitrogens is 3. The maximum absolute atomic E-state index is 12.7. The first-order valence-corrected chi connectivity index (χ1v) is 7.95. The van der Waals surface area contributed by atoms with Gasteiger partial charge in [-0.25, -0.2) is 9.67 Å². The number of nitrogens with one attached hydrogen (secondary N) is 1. The molecule has 2 aromatic carbocycles. The molecule has 0 saturated carbocycles. The van der Waals surface area contributed by atoms with E-state index in [0.717, 1.165) is 0 Å². The van der Waals surface area contributed by atoms with Crippen LogP contribution in [0.1, 0.15) is 10.4 Å². The normalized spacial score (nSPS) is 12.7. The van der Waals surface area contributed by atoms with Crippen molar-refractivity contribution in [1.29, 1.82) is 0 Å². The van der Waals surface area contributed by atoms with Crippen LogP contribution in [-0.2, 0) is 0 Å². The molecular weight excluding hydrogens is 344 g/mol. The van der Waals surface area contributed by atoms with E-state index in [4.69, 9.17) is 21.1 Å². The van der Waals surface area contributed by atoms with Crippen molar-refractivity contribution in [2.45, 2.75) is 0 Å². The van der Waals surface area contributed by atoms with Crippen LogP contribution in [-0.4, -0.2) is 33.9 Å². The number of rotatable bonds is 3. The van der Waals surface area contributed by atoms with Crippen molar-refractivity contribution in [2.24, 2.45) is 0 Å². The van der Waals surface area contributed by atoms with Gasteiger partial charge in [-0.2, -0.15) is 5.10 Å². The Balaban J connectivity index is 1.64. The molecule has 0 unspecified atom stereocenters. The van der Waals surface area contributed by atoms with E-state index in [9.17, 15) is 4.79 Å². The summed E-state index contributed by atoms with van der Waals surface area (Å²) < 4.78 is 12.6. The lowest BCUT2D eigenvalue weighted by molar-refractivity contribution is 0.102. The first kappa shape index (κ1) is 15.5. The van der Waals surface area contributed by atoms with Gasteiger partial charge >= 0.3 is 0 Å². The number of fused-ring (bicyclic) bond motifs is 1. The molecule has 4 rings (SSSR count). The van der Waals surface area contributed by atoms with Gasteiger partial charge in [-0.1, -0.05) is 23.7 Å². The molecule has 0 spiro atoms. The van der Waals surface area contributed by atoms with E-state index < -0.39 is 0 Å². The van der Waals surface area contributed by atoms with Crippen molar-refractivity contribution in [3.8, 4) is 17.2 Å². The Bertz CT molecular complexity index is 928. The number of anilines is 1. The summed E-state index contributed by atoms with van der Waals surface area (Å²) in [6.45, 7) is 0.854. The van der Waals surface area contributed by atoms with Crippen LogP contribution >= 0.6 is 11.6 Å². The molecule has 1 amide bonds. The van der Waals surface area contributed by atoms with Gasteiger partial charge in [0.1, 0.15) is 25.9 Å². The Morgan fingerprint density at radius 3 is 2.88 bits per heavy atom. The van der Waals surface area contributed by atoms with Gasteiger partial charge in [0.05, 0.1) is 16.4 Å². The van der Waals surface area contributed by atoms with E-state index >= 15 is 0 Å². The molecule has 0 saturated heterocycles. The first-order valence-electron chi connectivity index (χ1n) is 7.57. The molecule has 0 atom stereocenters. The highest BCUT2D eigenvalue weighted by atomic mass is 35.5. The number of carbonyl (C=O) groups excluding carboxylic acids is 1. The monoisotopic (exact) mass is 356 g/mol. The fourth-order valence-electron chi connectivity index (χ4n) is 2.55. The SMILES string of the molecule is O=C(Nc1ccccc1-n1cncn1)c1cc(Cl)c2c(c1)OCCO2. The Kier molecular flexibility index (Phi) is 3.99. The molecule has 25 heavy (non-hydrogen) atoms. The fourth-order valence-corrected chi connectivity index (χ4v) is 2.81. The molecule has 2 heterocycles. The number of amides is 1. The van der Waals surface area contributed by atoms with Crippen molar-refractivity contribution < 1.29 is 14.3 Å². The van der Waals surface area contributed by atoms with E-state index in [1.807, 2.05) is 18.2 Å². The van der Waals surface area contributed by atoms with Crippen LogP contribution in [0.2, 0.25) is 5.02 Å². The van der Waals surface area contributed by atoms with Gasteiger partial charge in [-0.05, 0) is 24.3 Å². The van der Waals surface area contributed by atoms with Crippen LogP contribution in [0.15, 0.2) is 49.1 Å². The predicted octanol–water partition coefficient (Wildman–Crippen LogP) is 2.94. The zero-order chi connectivity index (χ0) is 17.2. The molecule has 0 bridgehead atoms. The van der Waals surface area contributed by atoms with Crippen LogP contribution in [0.25, 0.3) is 5.69 Å². The van der Waals surface area contributed by atoms with Gasteiger partial charge in [0, 0.05) is 5.56 Å². The summed E-state index contributed by atoms with van der Waals surface area (Å²) in [5.74, 6) is 0.618. The van der Waals surface area contributed by atoms with Crippen LogP contribution in [0.4, 0.5) is 5.69 Å². The predicted molar refractivity (Wildman–Crippen MR) is 91.8 cm³/mol. The van der Waals surface area contributed by atoms with E-state index in [2.05, 4.69) is 15.4 Å². The lowest BCUT2D eigenvalue weighted by Crippen LogP contribution is -2.18. The highest BCUT2D eigenvalue weighted by Gasteiger charge is 2.20. The summed E-state index contributed by atoms with van der Waals surface area (Å²) >= 11 is 6.20. The topological polar surface area (TPSA) is 78.3 Å². The smallest absolute Gasteiger partial charge is 0.255 e. The van der Waals surface area contributed by atoms with E-state index in [-0.39, 0.29) is 5.91 Å². The van der Waals surface area contributed by atoms with Gasteiger partial charge in [0.25, 0.3) is 5.91 Å².